The number of oxime groups is 1. The number of carboxylic acids is 1. The van der Waals surface area contributed by atoms with Crippen LogP contribution in [0, 0.1) is 6.92 Å². The minimum absolute atomic E-state index is 0.0733. The number of anilines is 1. The molecule has 5 rings (SSSR count). The zero-order chi connectivity index (χ0) is 27.0. The fourth-order valence-corrected chi connectivity index (χ4v) is 6.15. The Morgan fingerprint density at radius 2 is 2.26 bits per heavy atom. The van der Waals surface area contributed by atoms with E-state index in [0.717, 1.165) is 28.3 Å². The lowest BCUT2D eigenvalue weighted by molar-refractivity contribution is -0.688. The second kappa shape index (κ2) is 10.3. The molecule has 3 aromatic rings. The predicted molar refractivity (Wildman–Crippen MR) is 139 cm³/mol. The lowest BCUT2D eigenvalue weighted by Gasteiger charge is -2.49. The Balaban J connectivity index is 1.35. The molecule has 13 nitrogen and oxygen atoms in total. The van der Waals surface area contributed by atoms with Crippen LogP contribution < -0.4 is 15.6 Å². The smallest absolute Gasteiger partial charge is 0.352 e. The van der Waals surface area contributed by atoms with Crippen molar-refractivity contribution in [2.24, 2.45) is 5.16 Å². The van der Waals surface area contributed by atoms with Crippen LogP contribution in [0.4, 0.5) is 5.13 Å². The van der Waals surface area contributed by atoms with Gasteiger partial charge in [-0.05, 0) is 19.1 Å². The molecule has 15 heteroatoms. The van der Waals surface area contributed by atoms with Crippen LogP contribution in [-0.4, -0.2) is 73.0 Å². The molecule has 0 radical (unpaired) electrons. The number of pyridine rings is 1. The van der Waals surface area contributed by atoms with Crippen molar-refractivity contribution < 1.29 is 28.9 Å². The first-order valence-corrected chi connectivity index (χ1v) is 13.2. The van der Waals surface area contributed by atoms with Gasteiger partial charge in [-0.15, -0.1) is 23.1 Å². The molecule has 2 amide bonds. The summed E-state index contributed by atoms with van der Waals surface area (Å²) < 4.78 is 1.86. The van der Waals surface area contributed by atoms with Gasteiger partial charge < -0.3 is 21.0 Å². The number of fused-ring (bicyclic) bond motifs is 1. The van der Waals surface area contributed by atoms with E-state index in [1.807, 2.05) is 42.1 Å². The first-order chi connectivity index (χ1) is 18.3. The maximum Gasteiger partial charge on any atom is 0.352 e. The van der Waals surface area contributed by atoms with E-state index in [-0.39, 0.29) is 28.8 Å². The minimum Gasteiger partial charge on any atom is -0.477 e. The van der Waals surface area contributed by atoms with Crippen molar-refractivity contribution in [1.82, 2.24) is 25.4 Å². The second-order valence-electron chi connectivity index (χ2n) is 8.51. The molecule has 1 saturated heterocycles. The third-order valence-electron chi connectivity index (χ3n) is 5.93. The number of aryl methyl sites for hydroxylation is 1. The number of carbonyl (C=O) groups excluding carboxylic acids is 2. The lowest BCUT2D eigenvalue weighted by atomic mass is 10.0. The summed E-state index contributed by atoms with van der Waals surface area (Å²) in [6.45, 7) is 2.18. The van der Waals surface area contributed by atoms with Gasteiger partial charge in [-0.25, -0.2) is 14.3 Å². The number of carboxylic acid groups (broad SMARTS) is 1. The zero-order valence-electron chi connectivity index (χ0n) is 20.2. The predicted octanol–water partition coefficient (Wildman–Crippen LogP) is 0.501. The minimum atomic E-state index is -1.21. The Labute approximate surface area is 224 Å². The molecule has 0 unspecified atom stereocenters. The van der Waals surface area contributed by atoms with Crippen molar-refractivity contribution in [3.05, 3.63) is 58.6 Å². The van der Waals surface area contributed by atoms with Gasteiger partial charge in [-0.3, -0.25) is 19.6 Å². The topological polar surface area (TPSA) is 180 Å². The van der Waals surface area contributed by atoms with Crippen LogP contribution in [0.25, 0.3) is 11.3 Å². The third kappa shape index (κ3) is 4.72. The van der Waals surface area contributed by atoms with Gasteiger partial charge in [-0.2, -0.15) is 5.10 Å². The fourth-order valence-electron chi connectivity index (χ4n) is 4.26. The lowest BCUT2D eigenvalue weighted by Crippen LogP contribution is -2.71. The number of nitrogens with one attached hydrogen (secondary N) is 2. The van der Waals surface area contributed by atoms with Crippen LogP contribution in [0.1, 0.15) is 11.4 Å². The molecule has 1 fully saturated rings. The number of thiazole rings is 1. The number of nitrogens with zero attached hydrogens (tertiary/aromatic N) is 5. The van der Waals surface area contributed by atoms with Crippen molar-refractivity contribution in [1.29, 1.82) is 0 Å². The third-order valence-corrected chi connectivity index (χ3v) is 7.95. The van der Waals surface area contributed by atoms with E-state index in [9.17, 15) is 19.5 Å². The van der Waals surface area contributed by atoms with Crippen LogP contribution in [0.15, 0.2) is 52.4 Å². The summed E-state index contributed by atoms with van der Waals surface area (Å²) in [6, 6.07) is 4.76. The van der Waals surface area contributed by atoms with E-state index in [2.05, 4.69) is 25.7 Å². The number of nitrogens with two attached hydrogens (primary N) is 1. The highest BCUT2D eigenvalue weighted by Crippen LogP contribution is 2.40. The van der Waals surface area contributed by atoms with E-state index in [4.69, 9.17) is 10.6 Å². The number of aromatic nitrogens is 4. The number of amides is 2. The Hall–Kier alpha value is -4.24. The molecular formula is C23H23N8O5S2+. The summed E-state index contributed by atoms with van der Waals surface area (Å²) in [5.74, 6) is -2.04. The van der Waals surface area contributed by atoms with Crippen LogP contribution in [-0.2, 0) is 25.8 Å². The van der Waals surface area contributed by atoms with Crippen molar-refractivity contribution in [2.45, 2.75) is 24.9 Å². The first-order valence-electron chi connectivity index (χ1n) is 11.3. The number of aliphatic carboxylic acids is 1. The summed E-state index contributed by atoms with van der Waals surface area (Å²) in [4.78, 5) is 48.3. The number of rotatable bonds is 8. The summed E-state index contributed by atoms with van der Waals surface area (Å²) in [5, 5.41) is 24.8. The Morgan fingerprint density at radius 1 is 1.45 bits per heavy atom. The average Bonchev–Trinajstić information content (AvgIpc) is 3.53. The van der Waals surface area contributed by atoms with Crippen molar-refractivity contribution in [3.8, 4) is 11.3 Å². The molecule has 2 aliphatic rings. The van der Waals surface area contributed by atoms with E-state index < -0.39 is 29.2 Å². The standard InChI is InChI=1S/C23H22N8O5S2/c1-11-6-14(28-27-11)12-4-3-5-30(7-12)8-13-9-37-21-17(20(33)31(21)18(13)22(34)35)26-19(32)16(29-36-2)15-10-38-23(24)25-15/h3-7,10,17,21H,8-9H2,1-2H3,(H4-,24,25,26,27,28,32,34,35)/p+1/b29-16+/t17-,21-/m1/s1. The highest BCUT2D eigenvalue weighted by Gasteiger charge is 2.54. The normalized spacial score (nSPS) is 19.2. The molecule has 0 spiro atoms. The number of hydrogen-bond donors (Lipinski definition) is 4. The highest BCUT2D eigenvalue weighted by atomic mass is 32.2. The van der Waals surface area contributed by atoms with Crippen LogP contribution in [0.5, 0.6) is 0 Å². The molecule has 3 aromatic heterocycles. The molecule has 0 bridgehead atoms. The monoisotopic (exact) mass is 555 g/mol. The van der Waals surface area contributed by atoms with E-state index in [1.54, 1.807) is 5.38 Å². The Kier molecular flexibility index (Phi) is 6.86. The quantitative estimate of drug-likeness (QED) is 0.133. The number of aromatic amines is 1. The van der Waals surface area contributed by atoms with Gasteiger partial charge >= 0.3 is 5.97 Å². The Bertz CT molecular complexity index is 1500. The largest absolute Gasteiger partial charge is 0.477 e. The number of hydrogen-bond acceptors (Lipinski definition) is 10. The average molecular weight is 556 g/mol. The van der Waals surface area contributed by atoms with Crippen molar-refractivity contribution in [3.63, 3.8) is 0 Å². The zero-order valence-corrected chi connectivity index (χ0v) is 21.9. The van der Waals surface area contributed by atoms with Gasteiger partial charge in [0.25, 0.3) is 11.8 Å². The van der Waals surface area contributed by atoms with Crippen LogP contribution >= 0.6 is 23.1 Å². The van der Waals surface area contributed by atoms with Gasteiger partial charge in [0, 0.05) is 28.5 Å². The molecule has 196 valence electrons. The molecule has 5 N–H and O–H groups in total. The second-order valence-corrected chi connectivity index (χ2v) is 10.5. The van der Waals surface area contributed by atoms with Gasteiger partial charge in [-0.1, -0.05) is 5.16 Å². The molecule has 2 aliphatic heterocycles. The summed E-state index contributed by atoms with van der Waals surface area (Å²) in [6.07, 6.45) is 3.71. The summed E-state index contributed by atoms with van der Waals surface area (Å²) in [5.41, 5.74) is 8.82. The maximum absolute atomic E-state index is 13.1. The number of H-pyrrole nitrogens is 1. The molecule has 0 aromatic carbocycles. The van der Waals surface area contributed by atoms with Crippen molar-refractivity contribution in [2.75, 3.05) is 18.6 Å². The number of nitrogen functional groups attached to an aromatic ring is 1. The molecule has 38 heavy (non-hydrogen) atoms. The fraction of sp³-hybridized carbons (Fsp3) is 0.261. The molecular weight excluding hydrogens is 532 g/mol. The van der Waals surface area contributed by atoms with E-state index in [0.29, 0.717) is 11.3 Å². The van der Waals surface area contributed by atoms with Gasteiger partial charge in [0.15, 0.2) is 29.8 Å². The summed E-state index contributed by atoms with van der Waals surface area (Å²) >= 11 is 2.51. The maximum atomic E-state index is 13.1. The molecule has 0 saturated carbocycles. The molecule has 2 atom stereocenters. The van der Waals surface area contributed by atoms with Gasteiger partial charge in [0.1, 0.15) is 29.9 Å². The van der Waals surface area contributed by atoms with Crippen LogP contribution in [0.2, 0.25) is 0 Å². The van der Waals surface area contributed by atoms with Gasteiger partial charge in [0.05, 0.1) is 11.3 Å². The molecule has 0 aliphatic carbocycles. The number of carbonyl (C=O) groups is 3. The Morgan fingerprint density at radius 3 is 2.92 bits per heavy atom. The number of β-lactam (4-membered cyclic amide) rings is 1. The van der Waals surface area contributed by atoms with Crippen LogP contribution in [0.3, 0.4) is 0 Å². The van der Waals surface area contributed by atoms with E-state index >= 15 is 0 Å². The summed E-state index contributed by atoms with van der Waals surface area (Å²) in [7, 11) is 1.28. The highest BCUT2D eigenvalue weighted by molar-refractivity contribution is 8.00. The first kappa shape index (κ1) is 25.4. The number of thioether (sulfide) groups is 1. The van der Waals surface area contributed by atoms with E-state index in [1.165, 1.54) is 23.8 Å². The molecule has 5 heterocycles. The SMILES string of the molecule is CO/N=C(/C(=O)N[C@@H]1C(=O)N2C(C(=O)O)=C(C[n+]3cccc(-c4cc(C)[nH]n4)c3)CS[C@H]12)c1csc(N)n1. The van der Waals surface area contributed by atoms with Gasteiger partial charge in [0.2, 0.25) is 0 Å². The van der Waals surface area contributed by atoms with Crippen molar-refractivity contribution >= 4 is 51.7 Å².